The lowest BCUT2D eigenvalue weighted by atomic mass is 10.1. The maximum Gasteiger partial charge on any atom is 0.162 e. The standard InChI is InChI=1S/C27H33F2N3O5/c1-20-30-8-10-32(20)9-3-12-36-25-7-4-21(14-26(25)34-2)16-31-11-13-35-18-27(33,17-31)19-37-22-5-6-23(28)24(29)15-22/h4-8,10,14-15,33H,3,9,11-13,16-19H2,1-2H3/t27-/m0/s1. The molecule has 1 atom stereocenters. The Kier molecular flexibility index (Phi) is 8.96. The van der Waals surface area contributed by atoms with Crippen LogP contribution in [0.25, 0.3) is 0 Å². The number of halogens is 2. The van der Waals surface area contributed by atoms with Crippen molar-refractivity contribution >= 4 is 0 Å². The Bertz CT molecular complexity index is 1170. The lowest BCUT2D eigenvalue weighted by molar-refractivity contribution is -0.0647. The van der Waals surface area contributed by atoms with Gasteiger partial charge in [-0.25, -0.2) is 13.8 Å². The van der Waals surface area contributed by atoms with E-state index in [0.717, 1.165) is 36.5 Å². The van der Waals surface area contributed by atoms with Crippen molar-refractivity contribution in [3.05, 3.63) is 71.8 Å². The molecule has 0 radical (unpaired) electrons. The second kappa shape index (κ2) is 12.4. The molecule has 0 aliphatic carbocycles. The molecule has 1 aliphatic rings. The Morgan fingerprint density at radius 3 is 2.73 bits per heavy atom. The summed E-state index contributed by atoms with van der Waals surface area (Å²) < 4.78 is 51.4. The highest BCUT2D eigenvalue weighted by Crippen LogP contribution is 2.29. The third kappa shape index (κ3) is 7.41. The average molecular weight is 518 g/mol. The van der Waals surface area contributed by atoms with Crippen LogP contribution in [0.4, 0.5) is 8.78 Å². The van der Waals surface area contributed by atoms with Crippen LogP contribution in [0.3, 0.4) is 0 Å². The first-order valence-corrected chi connectivity index (χ1v) is 12.2. The summed E-state index contributed by atoms with van der Waals surface area (Å²) in [5, 5.41) is 11.1. The Hall–Kier alpha value is -3.21. The third-order valence-electron chi connectivity index (χ3n) is 6.20. The first kappa shape index (κ1) is 26.8. The Labute approximate surface area is 215 Å². The van der Waals surface area contributed by atoms with Gasteiger partial charge in [-0.3, -0.25) is 4.90 Å². The van der Waals surface area contributed by atoms with E-state index in [0.29, 0.717) is 37.8 Å². The first-order valence-electron chi connectivity index (χ1n) is 12.2. The van der Waals surface area contributed by atoms with E-state index in [2.05, 4.69) is 14.5 Å². The number of imidazole rings is 1. The van der Waals surface area contributed by atoms with Gasteiger partial charge in [-0.15, -0.1) is 0 Å². The monoisotopic (exact) mass is 517 g/mol. The fraction of sp³-hybridized carbons (Fsp3) is 0.444. The van der Waals surface area contributed by atoms with Gasteiger partial charge in [0.05, 0.1) is 26.9 Å². The topological polar surface area (TPSA) is 78.2 Å². The smallest absolute Gasteiger partial charge is 0.162 e. The van der Waals surface area contributed by atoms with E-state index in [1.807, 2.05) is 31.3 Å². The summed E-state index contributed by atoms with van der Waals surface area (Å²) in [4.78, 5) is 6.28. The fourth-order valence-corrected chi connectivity index (χ4v) is 4.25. The van der Waals surface area contributed by atoms with Gasteiger partial charge >= 0.3 is 0 Å². The van der Waals surface area contributed by atoms with Gasteiger partial charge in [0.25, 0.3) is 0 Å². The number of aromatic nitrogens is 2. The van der Waals surface area contributed by atoms with Crippen molar-refractivity contribution in [2.24, 2.45) is 0 Å². The number of benzene rings is 2. The number of ether oxygens (including phenoxy) is 4. The van der Waals surface area contributed by atoms with Crippen molar-refractivity contribution in [1.29, 1.82) is 0 Å². The van der Waals surface area contributed by atoms with Crippen LogP contribution in [0.2, 0.25) is 0 Å². The normalized spacial score (nSPS) is 18.4. The molecule has 37 heavy (non-hydrogen) atoms. The molecule has 1 aliphatic heterocycles. The molecule has 0 amide bonds. The zero-order valence-corrected chi connectivity index (χ0v) is 21.2. The third-order valence-corrected chi connectivity index (χ3v) is 6.20. The van der Waals surface area contributed by atoms with Crippen molar-refractivity contribution < 1.29 is 32.8 Å². The summed E-state index contributed by atoms with van der Waals surface area (Å²) >= 11 is 0. The van der Waals surface area contributed by atoms with Crippen LogP contribution < -0.4 is 14.2 Å². The molecule has 1 N–H and O–H groups in total. The fourth-order valence-electron chi connectivity index (χ4n) is 4.25. The van der Waals surface area contributed by atoms with Crippen molar-refractivity contribution in [3.8, 4) is 17.2 Å². The van der Waals surface area contributed by atoms with Crippen LogP contribution in [-0.2, 0) is 17.8 Å². The zero-order chi connectivity index (χ0) is 26.3. The maximum absolute atomic E-state index is 13.5. The lowest BCUT2D eigenvalue weighted by Crippen LogP contribution is -2.48. The number of hydrogen-bond donors (Lipinski definition) is 1. The lowest BCUT2D eigenvalue weighted by Gasteiger charge is -2.30. The predicted octanol–water partition coefficient (Wildman–Crippen LogP) is 3.59. The molecule has 2 aromatic carbocycles. The quantitative estimate of drug-likeness (QED) is 0.390. The van der Waals surface area contributed by atoms with Crippen molar-refractivity contribution in [3.63, 3.8) is 0 Å². The number of hydrogen-bond acceptors (Lipinski definition) is 7. The van der Waals surface area contributed by atoms with Crippen molar-refractivity contribution in [2.45, 2.75) is 32.0 Å². The summed E-state index contributed by atoms with van der Waals surface area (Å²) in [5.74, 6) is 0.472. The molecule has 0 spiro atoms. The summed E-state index contributed by atoms with van der Waals surface area (Å²) in [6, 6.07) is 9.07. The zero-order valence-electron chi connectivity index (χ0n) is 21.2. The SMILES string of the molecule is COc1cc(CN2CCOC[C@](O)(COc3ccc(F)c(F)c3)C2)ccc1OCCCn1ccnc1C. The van der Waals surface area contributed by atoms with Crippen molar-refractivity contribution in [1.82, 2.24) is 14.5 Å². The average Bonchev–Trinajstić information content (AvgIpc) is 3.20. The van der Waals surface area contributed by atoms with Gasteiger partial charge in [0.2, 0.25) is 0 Å². The van der Waals surface area contributed by atoms with E-state index in [9.17, 15) is 13.9 Å². The minimum absolute atomic E-state index is 0.0713. The van der Waals surface area contributed by atoms with Gasteiger partial charge in [-0.1, -0.05) is 6.07 Å². The van der Waals surface area contributed by atoms with Gasteiger partial charge in [-0.05, 0) is 43.2 Å². The minimum Gasteiger partial charge on any atom is -0.493 e. The molecule has 10 heteroatoms. The van der Waals surface area contributed by atoms with E-state index in [1.165, 1.54) is 6.07 Å². The minimum atomic E-state index is -1.32. The molecule has 0 unspecified atom stereocenters. The summed E-state index contributed by atoms with van der Waals surface area (Å²) in [6.07, 6.45) is 4.57. The number of methoxy groups -OCH3 is 1. The second-order valence-corrected chi connectivity index (χ2v) is 9.21. The molecular formula is C27H33F2N3O5. The molecule has 2 heterocycles. The number of nitrogens with zero attached hydrogens (tertiary/aromatic N) is 3. The van der Waals surface area contributed by atoms with Crippen LogP contribution in [0.15, 0.2) is 48.8 Å². The summed E-state index contributed by atoms with van der Waals surface area (Å²) in [5.41, 5.74) is -0.328. The summed E-state index contributed by atoms with van der Waals surface area (Å²) in [7, 11) is 1.61. The largest absolute Gasteiger partial charge is 0.493 e. The highest BCUT2D eigenvalue weighted by atomic mass is 19.2. The molecule has 1 aromatic heterocycles. The predicted molar refractivity (Wildman–Crippen MR) is 133 cm³/mol. The molecular weight excluding hydrogens is 484 g/mol. The number of β-amino-alcohol motifs (C(OH)–C–C–N with tert-alkyl or cyclic N) is 1. The Morgan fingerprint density at radius 1 is 1.11 bits per heavy atom. The van der Waals surface area contributed by atoms with E-state index in [1.54, 1.807) is 13.3 Å². The molecule has 8 nitrogen and oxygen atoms in total. The van der Waals surface area contributed by atoms with Crippen LogP contribution in [0.5, 0.6) is 17.2 Å². The molecule has 3 aromatic rings. The second-order valence-electron chi connectivity index (χ2n) is 9.21. The van der Waals surface area contributed by atoms with E-state index in [-0.39, 0.29) is 25.5 Å². The van der Waals surface area contributed by atoms with Gasteiger partial charge in [0.1, 0.15) is 23.8 Å². The van der Waals surface area contributed by atoms with Gasteiger partial charge in [-0.2, -0.15) is 0 Å². The van der Waals surface area contributed by atoms with Crippen LogP contribution in [-0.4, -0.2) is 71.8 Å². The highest BCUT2D eigenvalue weighted by molar-refractivity contribution is 5.43. The van der Waals surface area contributed by atoms with Crippen LogP contribution in [0, 0.1) is 18.6 Å². The Morgan fingerprint density at radius 2 is 1.97 bits per heavy atom. The molecule has 1 saturated heterocycles. The van der Waals surface area contributed by atoms with Crippen molar-refractivity contribution in [2.75, 3.05) is 46.6 Å². The maximum atomic E-state index is 13.5. The number of rotatable bonds is 11. The van der Waals surface area contributed by atoms with Gasteiger partial charge in [0, 0.05) is 44.6 Å². The summed E-state index contributed by atoms with van der Waals surface area (Å²) in [6.45, 7) is 5.18. The van der Waals surface area contributed by atoms with Crippen LogP contribution in [0.1, 0.15) is 17.8 Å². The molecule has 1 fully saturated rings. The van der Waals surface area contributed by atoms with E-state index >= 15 is 0 Å². The van der Waals surface area contributed by atoms with Crippen LogP contribution >= 0.6 is 0 Å². The van der Waals surface area contributed by atoms with Gasteiger partial charge in [0.15, 0.2) is 23.1 Å². The van der Waals surface area contributed by atoms with E-state index < -0.39 is 17.2 Å². The van der Waals surface area contributed by atoms with E-state index in [4.69, 9.17) is 18.9 Å². The van der Waals surface area contributed by atoms with Gasteiger partial charge < -0.3 is 28.6 Å². The molecule has 200 valence electrons. The number of aryl methyl sites for hydroxylation is 2. The molecule has 4 rings (SSSR count). The first-order chi connectivity index (χ1) is 17.8. The molecule has 0 bridgehead atoms. The highest BCUT2D eigenvalue weighted by Gasteiger charge is 2.33. The molecule has 0 saturated carbocycles. The Balaban J connectivity index is 1.32. The number of aliphatic hydroxyl groups is 1.